The fraction of sp³-hybridized carbons (Fsp3) is 0.375. The second-order valence-corrected chi connectivity index (χ2v) is 6.02. The molecule has 0 aliphatic heterocycles. The minimum atomic E-state index is -2.80. The highest BCUT2D eigenvalue weighted by Gasteiger charge is 2.16. The van der Waals surface area contributed by atoms with Crippen molar-refractivity contribution in [2.75, 3.05) is 0 Å². The molecule has 1 aromatic carbocycles. The summed E-state index contributed by atoms with van der Waals surface area (Å²) in [6, 6.07) is 11.2. The van der Waals surface area contributed by atoms with Gasteiger partial charge in [-0.15, -0.1) is 11.3 Å². The molecule has 1 aromatic heterocycles. The Hall–Kier alpha value is -1.46. The lowest BCUT2D eigenvalue weighted by molar-refractivity contribution is -0.0506. The number of hydrogen-bond acceptors (Lipinski definition) is 3. The topological polar surface area (TPSA) is 21.3 Å². The maximum Gasteiger partial charge on any atom is 0.387 e. The van der Waals surface area contributed by atoms with Crippen molar-refractivity contribution in [2.24, 2.45) is 0 Å². The third-order valence-electron chi connectivity index (χ3n) is 3.22. The zero-order valence-electron chi connectivity index (χ0n) is 12.1. The molecule has 0 radical (unpaired) electrons. The molecule has 1 N–H and O–H groups in total. The van der Waals surface area contributed by atoms with E-state index in [1.807, 2.05) is 25.1 Å². The highest BCUT2D eigenvalue weighted by atomic mass is 32.1. The van der Waals surface area contributed by atoms with E-state index in [1.165, 1.54) is 4.88 Å². The van der Waals surface area contributed by atoms with Crippen molar-refractivity contribution in [3.63, 3.8) is 0 Å². The zero-order chi connectivity index (χ0) is 15.2. The predicted molar refractivity (Wildman–Crippen MR) is 82.1 cm³/mol. The molecule has 21 heavy (non-hydrogen) atoms. The van der Waals surface area contributed by atoms with Gasteiger partial charge in [0.1, 0.15) is 5.75 Å². The van der Waals surface area contributed by atoms with Crippen LogP contribution in [0.1, 0.15) is 30.3 Å². The molecule has 2 atom stereocenters. The molecule has 0 amide bonds. The zero-order valence-corrected chi connectivity index (χ0v) is 12.9. The van der Waals surface area contributed by atoms with Crippen molar-refractivity contribution in [3.05, 3.63) is 52.2 Å². The third kappa shape index (κ3) is 4.79. The van der Waals surface area contributed by atoms with Crippen LogP contribution in [0.5, 0.6) is 5.75 Å². The first-order chi connectivity index (χ1) is 10.1. The van der Waals surface area contributed by atoms with Gasteiger partial charge in [0.2, 0.25) is 0 Å². The van der Waals surface area contributed by atoms with Crippen LogP contribution in [0.15, 0.2) is 41.8 Å². The van der Waals surface area contributed by atoms with Crippen molar-refractivity contribution in [1.82, 2.24) is 5.32 Å². The van der Waals surface area contributed by atoms with Gasteiger partial charge in [-0.1, -0.05) is 24.3 Å². The van der Waals surface area contributed by atoms with Gasteiger partial charge in [-0.2, -0.15) is 8.78 Å². The first-order valence-corrected chi connectivity index (χ1v) is 7.76. The van der Waals surface area contributed by atoms with Gasteiger partial charge in [-0.3, -0.25) is 0 Å². The number of alkyl halides is 2. The fourth-order valence-electron chi connectivity index (χ4n) is 2.35. The highest BCUT2D eigenvalue weighted by molar-refractivity contribution is 7.09. The van der Waals surface area contributed by atoms with Crippen LogP contribution in [-0.4, -0.2) is 12.7 Å². The number of benzene rings is 1. The van der Waals surface area contributed by atoms with E-state index >= 15 is 0 Å². The minimum absolute atomic E-state index is 0.0603. The van der Waals surface area contributed by atoms with Crippen molar-refractivity contribution in [3.8, 4) is 5.75 Å². The Morgan fingerprint density at radius 3 is 2.57 bits per heavy atom. The summed E-state index contributed by atoms with van der Waals surface area (Å²) in [7, 11) is 0. The summed E-state index contributed by atoms with van der Waals surface area (Å²) in [5.74, 6) is 0.232. The molecule has 0 saturated heterocycles. The molecule has 2 nitrogen and oxygen atoms in total. The number of halogens is 2. The Morgan fingerprint density at radius 1 is 1.14 bits per heavy atom. The molecule has 2 aromatic rings. The maximum atomic E-state index is 12.4. The molecule has 0 aliphatic carbocycles. The van der Waals surface area contributed by atoms with Gasteiger partial charge in [-0.05, 0) is 37.8 Å². The molecule has 0 bridgehead atoms. The lowest BCUT2D eigenvalue weighted by Crippen LogP contribution is -2.30. The summed E-state index contributed by atoms with van der Waals surface area (Å²) >= 11 is 1.72. The standard InChI is InChI=1S/C16H19F2NOS/c1-11(10-13-6-5-9-21-13)19-12(2)14-7-3-4-8-15(14)20-16(17)18/h3-9,11-12,16,19H,10H2,1-2H3. The van der Waals surface area contributed by atoms with E-state index in [9.17, 15) is 8.78 Å². The average molecular weight is 311 g/mol. The smallest absolute Gasteiger partial charge is 0.387 e. The van der Waals surface area contributed by atoms with Crippen LogP contribution < -0.4 is 10.1 Å². The fourth-order valence-corrected chi connectivity index (χ4v) is 3.18. The molecule has 0 saturated carbocycles. The van der Waals surface area contributed by atoms with Crippen molar-refractivity contribution in [2.45, 2.75) is 39.0 Å². The van der Waals surface area contributed by atoms with Crippen LogP contribution in [0.3, 0.4) is 0 Å². The third-order valence-corrected chi connectivity index (χ3v) is 4.12. The van der Waals surface area contributed by atoms with Gasteiger partial charge in [-0.25, -0.2) is 0 Å². The summed E-state index contributed by atoms with van der Waals surface area (Å²) in [6.07, 6.45) is 0.917. The summed E-state index contributed by atoms with van der Waals surface area (Å²) in [5.41, 5.74) is 0.746. The van der Waals surface area contributed by atoms with Gasteiger partial charge in [0.15, 0.2) is 0 Å². The number of rotatable bonds is 7. The van der Waals surface area contributed by atoms with Crippen molar-refractivity contribution in [1.29, 1.82) is 0 Å². The van der Waals surface area contributed by atoms with Crippen LogP contribution in [-0.2, 0) is 6.42 Å². The van der Waals surface area contributed by atoms with Crippen molar-refractivity contribution >= 4 is 11.3 Å². The molecule has 0 fully saturated rings. The van der Waals surface area contributed by atoms with Crippen LogP contribution in [0.4, 0.5) is 8.78 Å². The molecule has 2 rings (SSSR count). The number of nitrogens with one attached hydrogen (secondary N) is 1. The molecular formula is C16H19F2NOS. The van der Waals surface area contributed by atoms with Crippen LogP contribution in [0.25, 0.3) is 0 Å². The summed E-state index contributed by atoms with van der Waals surface area (Å²) < 4.78 is 29.5. The first-order valence-electron chi connectivity index (χ1n) is 6.88. The van der Waals surface area contributed by atoms with Gasteiger partial charge in [0, 0.05) is 22.5 Å². The second-order valence-electron chi connectivity index (χ2n) is 4.99. The Kier molecular flexibility index (Phi) is 5.70. The second kappa shape index (κ2) is 7.52. The lowest BCUT2D eigenvalue weighted by atomic mass is 10.1. The number of ether oxygens (including phenoxy) is 1. The van der Waals surface area contributed by atoms with E-state index in [1.54, 1.807) is 23.5 Å². The van der Waals surface area contributed by atoms with Gasteiger partial charge in [0.25, 0.3) is 0 Å². The Bertz CT molecular complexity index is 545. The summed E-state index contributed by atoms with van der Waals surface area (Å²) in [5, 5.41) is 5.48. The SMILES string of the molecule is CC(Cc1cccs1)NC(C)c1ccccc1OC(F)F. The van der Waals surface area contributed by atoms with Gasteiger partial charge >= 0.3 is 6.61 Å². The Morgan fingerprint density at radius 2 is 1.90 bits per heavy atom. The molecule has 0 aliphatic rings. The van der Waals surface area contributed by atoms with Crippen LogP contribution in [0, 0.1) is 0 Å². The molecule has 114 valence electrons. The molecule has 5 heteroatoms. The number of para-hydroxylation sites is 1. The number of hydrogen-bond donors (Lipinski definition) is 1. The van der Waals surface area contributed by atoms with E-state index in [-0.39, 0.29) is 17.8 Å². The Labute approximate surface area is 127 Å². The van der Waals surface area contributed by atoms with Gasteiger partial charge < -0.3 is 10.1 Å². The molecule has 2 unspecified atom stereocenters. The largest absolute Gasteiger partial charge is 0.434 e. The van der Waals surface area contributed by atoms with E-state index in [0.29, 0.717) is 0 Å². The highest BCUT2D eigenvalue weighted by Crippen LogP contribution is 2.27. The Balaban J connectivity index is 2.00. The monoisotopic (exact) mass is 311 g/mol. The first kappa shape index (κ1) is 15.9. The summed E-state index contributed by atoms with van der Waals surface area (Å²) in [6.45, 7) is 1.24. The normalized spacial score (nSPS) is 14.1. The molecule has 0 spiro atoms. The van der Waals surface area contributed by atoms with E-state index in [0.717, 1.165) is 12.0 Å². The van der Waals surface area contributed by atoms with E-state index in [4.69, 9.17) is 0 Å². The van der Waals surface area contributed by atoms with Crippen molar-refractivity contribution < 1.29 is 13.5 Å². The van der Waals surface area contributed by atoms with Crippen LogP contribution >= 0.6 is 11.3 Å². The number of thiophene rings is 1. The summed E-state index contributed by atoms with van der Waals surface area (Å²) in [4.78, 5) is 1.30. The minimum Gasteiger partial charge on any atom is -0.434 e. The molecular weight excluding hydrogens is 292 g/mol. The quantitative estimate of drug-likeness (QED) is 0.805. The van der Waals surface area contributed by atoms with Gasteiger partial charge in [0.05, 0.1) is 0 Å². The predicted octanol–water partition coefficient (Wildman–Crippen LogP) is 4.63. The lowest BCUT2D eigenvalue weighted by Gasteiger charge is -2.22. The maximum absolute atomic E-state index is 12.4. The van der Waals surface area contributed by atoms with Crippen LogP contribution in [0.2, 0.25) is 0 Å². The molecule has 1 heterocycles. The van der Waals surface area contributed by atoms with E-state index < -0.39 is 6.61 Å². The average Bonchev–Trinajstić information content (AvgIpc) is 2.91. The van der Waals surface area contributed by atoms with E-state index in [2.05, 4.69) is 28.4 Å².